The van der Waals surface area contributed by atoms with Gasteiger partial charge in [0.05, 0.1) is 12.3 Å². The van der Waals surface area contributed by atoms with Crippen LogP contribution in [0.5, 0.6) is 0 Å². The van der Waals surface area contributed by atoms with Crippen LogP contribution in [0.25, 0.3) is 11.3 Å². The van der Waals surface area contributed by atoms with Crippen LogP contribution in [0.4, 0.5) is 4.79 Å². The van der Waals surface area contributed by atoms with Crippen LogP contribution < -0.4 is 15.7 Å². The van der Waals surface area contributed by atoms with Crippen LogP contribution in [0, 0.1) is 0 Å². The molecule has 47 heavy (non-hydrogen) atoms. The van der Waals surface area contributed by atoms with Gasteiger partial charge >= 0.3 is 12.1 Å². The van der Waals surface area contributed by atoms with E-state index in [9.17, 15) is 14.4 Å². The fourth-order valence-electron chi connectivity index (χ4n) is 6.06. The van der Waals surface area contributed by atoms with E-state index in [4.69, 9.17) is 9.47 Å². The van der Waals surface area contributed by atoms with Gasteiger partial charge in [-0.3, -0.25) is 0 Å². The van der Waals surface area contributed by atoms with Gasteiger partial charge in [0.25, 0.3) is 8.32 Å². The Labute approximate surface area is 280 Å². The van der Waals surface area contributed by atoms with Crippen molar-refractivity contribution < 1.29 is 23.9 Å². The average Bonchev–Trinajstić information content (AvgIpc) is 3.42. The number of amides is 1. The number of hydrogen-bond acceptors (Lipinski definition) is 6. The summed E-state index contributed by atoms with van der Waals surface area (Å²) in [6, 6.07) is 27.9. The number of hydrogen-bond donors (Lipinski definition) is 2. The lowest BCUT2D eigenvalue weighted by Crippen LogP contribution is -2.65. The van der Waals surface area contributed by atoms with Gasteiger partial charge in [0.15, 0.2) is 0 Å². The van der Waals surface area contributed by atoms with Crippen molar-refractivity contribution in [2.75, 3.05) is 6.61 Å². The molecule has 0 unspecified atom stereocenters. The van der Waals surface area contributed by atoms with E-state index >= 15 is 0 Å². The van der Waals surface area contributed by atoms with Crippen LogP contribution >= 0.6 is 0 Å². The molecule has 0 fully saturated rings. The fraction of sp³-hybridized carbons (Fsp3) is 0.395. The Bertz CT molecular complexity index is 1570. The number of nitrogens with zero attached hydrogens (tertiary/aromatic N) is 2. The molecule has 0 aliphatic rings. The van der Waals surface area contributed by atoms with Crippen molar-refractivity contribution in [2.24, 2.45) is 7.05 Å². The number of alkyl carbamates (subject to hydrolysis) is 1. The lowest BCUT2D eigenvalue weighted by Gasteiger charge is -2.41. The summed E-state index contributed by atoms with van der Waals surface area (Å²) in [5.41, 5.74) is 2.00. The number of esters is 1. The summed E-state index contributed by atoms with van der Waals surface area (Å²) in [7, 11) is -1.37. The van der Waals surface area contributed by atoms with Crippen LogP contribution in [0.15, 0.2) is 91.1 Å². The largest absolute Gasteiger partial charge is 0.460 e. The van der Waals surface area contributed by atoms with E-state index in [1.165, 1.54) is 0 Å². The normalized spacial score (nSPS) is 12.8. The second kappa shape index (κ2) is 15.1. The Hall–Kier alpha value is -4.21. The number of ether oxygens (including phenoxy) is 2. The summed E-state index contributed by atoms with van der Waals surface area (Å²) in [5.74, 6) is -0.198. The number of carbonyl (C=O) groups excluding carboxylic acids is 2. The predicted octanol–water partition coefficient (Wildman–Crippen LogP) is 6.40. The van der Waals surface area contributed by atoms with Gasteiger partial charge in [0, 0.05) is 24.8 Å². The maximum absolute atomic E-state index is 12.9. The topological polar surface area (TPSA) is 103 Å². The van der Waals surface area contributed by atoms with Gasteiger partial charge < -0.3 is 24.2 Å². The van der Waals surface area contributed by atoms with E-state index in [1.807, 2.05) is 112 Å². The van der Waals surface area contributed by atoms with Crippen LogP contribution in [-0.2, 0) is 22.9 Å². The molecule has 2 N–H and O–H groups in total. The molecule has 0 radical (unpaired) electrons. The van der Waals surface area contributed by atoms with Gasteiger partial charge in [-0.05, 0) is 67.9 Å². The van der Waals surface area contributed by atoms with E-state index in [2.05, 4.69) is 24.1 Å². The molecule has 0 saturated heterocycles. The molecular formula is C38H49N3O5Si. The van der Waals surface area contributed by atoms with Gasteiger partial charge in [-0.2, -0.15) is 0 Å². The first-order valence-electron chi connectivity index (χ1n) is 16.4. The molecule has 9 heteroatoms. The van der Waals surface area contributed by atoms with Crippen LogP contribution in [0.2, 0.25) is 5.04 Å². The van der Waals surface area contributed by atoms with E-state index in [-0.39, 0.29) is 23.5 Å². The highest BCUT2D eigenvalue weighted by Crippen LogP contribution is 2.40. The molecule has 8 nitrogen and oxygen atoms in total. The summed E-state index contributed by atoms with van der Waals surface area (Å²) >= 11 is 0. The highest BCUT2D eigenvalue weighted by atomic mass is 28.4. The number of rotatable bonds is 13. The van der Waals surface area contributed by atoms with Crippen molar-refractivity contribution in [3.8, 4) is 11.3 Å². The molecule has 0 spiro atoms. The number of benzene rings is 3. The lowest BCUT2D eigenvalue weighted by molar-refractivity contribution is 0.0493. The monoisotopic (exact) mass is 655 g/mol. The molecule has 1 aromatic heterocycles. The zero-order chi connectivity index (χ0) is 34.2. The maximum Gasteiger partial charge on any atom is 0.407 e. The van der Waals surface area contributed by atoms with Gasteiger partial charge in [-0.15, -0.1) is 0 Å². The molecule has 3 aromatic carbocycles. The minimum atomic E-state index is -3.14. The third-order valence-corrected chi connectivity index (χ3v) is 13.1. The number of aryl methyl sites for hydroxylation is 1. The molecule has 0 aliphatic heterocycles. The SMILES string of the molecule is CCOC(=O)c1nc(-c2ccc(C[C@@H](CCCC(C)(C)[Si](O)(c3ccccc3)c3ccccc3)NC(=O)OC(C)(C)C)cc2)cn1C. The summed E-state index contributed by atoms with van der Waals surface area (Å²) in [5, 5.41) is 4.70. The molecule has 250 valence electrons. The second-order valence-corrected chi connectivity index (χ2v) is 17.7. The summed E-state index contributed by atoms with van der Waals surface area (Å²) in [6.45, 7) is 11.9. The quantitative estimate of drug-likeness (QED) is 0.128. The molecule has 1 amide bonds. The summed E-state index contributed by atoms with van der Waals surface area (Å²) in [4.78, 5) is 42.2. The highest BCUT2D eigenvalue weighted by molar-refractivity contribution is 6.98. The van der Waals surface area contributed by atoms with Crippen LogP contribution in [0.3, 0.4) is 0 Å². The van der Waals surface area contributed by atoms with Crippen molar-refractivity contribution in [1.29, 1.82) is 0 Å². The Morgan fingerprint density at radius 3 is 2.02 bits per heavy atom. The van der Waals surface area contributed by atoms with E-state index < -0.39 is 26.0 Å². The minimum Gasteiger partial charge on any atom is -0.460 e. The molecule has 0 aliphatic carbocycles. The first-order chi connectivity index (χ1) is 22.2. The van der Waals surface area contributed by atoms with Crippen LogP contribution in [0.1, 0.15) is 77.0 Å². The molecule has 4 aromatic rings. The Morgan fingerprint density at radius 2 is 1.49 bits per heavy atom. The average molecular weight is 656 g/mol. The zero-order valence-electron chi connectivity index (χ0n) is 28.7. The standard InChI is InChI=1S/C38H49N3O5Si/c1-8-45-35(42)34-40-33(27-41(34)7)29-23-21-28(22-24-29)26-30(39-36(43)46-37(2,3)4)16-15-25-38(5,6)47(44,31-17-11-9-12-18-31)32-19-13-10-14-20-32/h9-14,17-24,27,30,44H,8,15-16,25-26H2,1-7H3,(H,39,43)/t30-/m1/s1. The molecule has 0 saturated carbocycles. The van der Waals surface area contributed by atoms with Gasteiger partial charge in [-0.1, -0.05) is 105 Å². The van der Waals surface area contributed by atoms with E-state index in [0.717, 1.165) is 34.3 Å². The summed E-state index contributed by atoms with van der Waals surface area (Å²) in [6.07, 6.45) is 4.25. The lowest BCUT2D eigenvalue weighted by atomic mass is 9.97. The van der Waals surface area contributed by atoms with E-state index in [1.54, 1.807) is 18.5 Å². The minimum absolute atomic E-state index is 0.181. The maximum atomic E-state index is 12.9. The number of nitrogens with one attached hydrogen (secondary N) is 1. The van der Waals surface area contributed by atoms with Gasteiger partial charge in [0.2, 0.25) is 5.82 Å². The second-order valence-electron chi connectivity index (χ2n) is 13.7. The van der Waals surface area contributed by atoms with E-state index in [0.29, 0.717) is 18.5 Å². The van der Waals surface area contributed by atoms with Gasteiger partial charge in [0.1, 0.15) is 5.60 Å². The Kier molecular flexibility index (Phi) is 11.5. The third-order valence-electron chi connectivity index (χ3n) is 8.50. The Balaban J connectivity index is 1.51. The summed E-state index contributed by atoms with van der Waals surface area (Å²) < 4.78 is 12.4. The van der Waals surface area contributed by atoms with Crippen molar-refractivity contribution in [2.45, 2.75) is 83.9 Å². The number of carbonyl (C=O) groups is 2. The molecule has 1 atom stereocenters. The van der Waals surface area contributed by atoms with Crippen molar-refractivity contribution in [1.82, 2.24) is 14.9 Å². The van der Waals surface area contributed by atoms with Crippen LogP contribution in [-0.4, -0.2) is 53.0 Å². The third kappa shape index (κ3) is 8.99. The van der Waals surface area contributed by atoms with Crippen molar-refractivity contribution in [3.05, 3.63) is 103 Å². The van der Waals surface area contributed by atoms with Crippen molar-refractivity contribution in [3.63, 3.8) is 0 Å². The van der Waals surface area contributed by atoms with Gasteiger partial charge in [-0.25, -0.2) is 14.6 Å². The first kappa shape index (κ1) is 35.6. The first-order valence-corrected chi connectivity index (χ1v) is 18.3. The van der Waals surface area contributed by atoms with Crippen molar-refractivity contribution >= 4 is 30.8 Å². The Morgan fingerprint density at radius 1 is 0.915 bits per heavy atom. The smallest absolute Gasteiger partial charge is 0.407 e. The number of aromatic nitrogens is 2. The molecule has 0 bridgehead atoms. The molecular weight excluding hydrogens is 607 g/mol. The highest BCUT2D eigenvalue weighted by Gasteiger charge is 2.49. The number of imidazole rings is 1. The molecule has 1 heterocycles. The molecule has 4 rings (SSSR count). The predicted molar refractivity (Wildman–Crippen MR) is 189 cm³/mol. The fourth-order valence-corrected chi connectivity index (χ4v) is 9.85. The zero-order valence-corrected chi connectivity index (χ0v) is 29.7.